The van der Waals surface area contributed by atoms with E-state index in [1.165, 1.54) is 0 Å². The van der Waals surface area contributed by atoms with Crippen LogP contribution in [0.2, 0.25) is 0 Å². The summed E-state index contributed by atoms with van der Waals surface area (Å²) in [5.74, 6) is 2.06. The van der Waals surface area contributed by atoms with Crippen molar-refractivity contribution in [3.63, 3.8) is 0 Å². The van der Waals surface area contributed by atoms with Gasteiger partial charge in [0.2, 0.25) is 0 Å². The van der Waals surface area contributed by atoms with Gasteiger partial charge < -0.3 is 14.2 Å². The van der Waals surface area contributed by atoms with E-state index in [1.807, 2.05) is 106 Å². The molecule has 0 spiro atoms. The van der Waals surface area contributed by atoms with Crippen LogP contribution < -0.4 is 14.2 Å². The quantitative estimate of drug-likeness (QED) is 0.255. The summed E-state index contributed by atoms with van der Waals surface area (Å²) in [5.41, 5.74) is 4.42. The average molecular weight is 457 g/mol. The molecule has 0 radical (unpaired) electrons. The van der Waals surface area contributed by atoms with Crippen LogP contribution in [0.3, 0.4) is 0 Å². The summed E-state index contributed by atoms with van der Waals surface area (Å²) in [6.45, 7) is 7.61. The van der Waals surface area contributed by atoms with E-state index in [0.717, 1.165) is 39.5 Å². The Hall–Kier alpha value is -3.79. The average Bonchev–Trinajstić information content (AvgIpc) is 2.86. The van der Waals surface area contributed by atoms with Crippen LogP contribution in [0, 0.1) is 5.82 Å². The Morgan fingerprint density at radius 1 is 0.471 bits per heavy atom. The summed E-state index contributed by atoms with van der Waals surface area (Å²) >= 11 is 0. The predicted molar refractivity (Wildman–Crippen MR) is 136 cm³/mol. The molecule has 4 aromatic rings. The predicted octanol–water partition coefficient (Wildman–Crippen LogP) is 8.02. The molecule has 0 saturated carbocycles. The highest BCUT2D eigenvalue weighted by Gasteiger charge is 2.18. The van der Waals surface area contributed by atoms with Crippen molar-refractivity contribution < 1.29 is 18.6 Å². The largest absolute Gasteiger partial charge is 0.494 e. The second-order valence-electron chi connectivity index (χ2n) is 7.72. The fourth-order valence-corrected chi connectivity index (χ4v) is 4.00. The Morgan fingerprint density at radius 2 is 0.824 bits per heavy atom. The molecule has 0 aliphatic carbocycles. The van der Waals surface area contributed by atoms with Crippen molar-refractivity contribution >= 4 is 0 Å². The number of rotatable bonds is 9. The molecular weight excluding hydrogens is 427 g/mol. The van der Waals surface area contributed by atoms with Crippen molar-refractivity contribution in [1.29, 1.82) is 0 Å². The topological polar surface area (TPSA) is 27.7 Å². The van der Waals surface area contributed by atoms with E-state index in [4.69, 9.17) is 14.2 Å². The molecule has 4 rings (SSSR count). The molecular formula is C30H29FO3. The zero-order valence-electron chi connectivity index (χ0n) is 19.8. The SMILES string of the molecule is CCOc1ccc(-c2ccc(-c3ccc(OCC)cc3)c(-c3ccc(OCC)cc3)c2F)cc1. The zero-order valence-corrected chi connectivity index (χ0v) is 19.8. The lowest BCUT2D eigenvalue weighted by molar-refractivity contribution is 0.340. The Morgan fingerprint density at radius 3 is 1.24 bits per heavy atom. The fraction of sp³-hybridized carbons (Fsp3) is 0.200. The van der Waals surface area contributed by atoms with Crippen LogP contribution in [-0.2, 0) is 0 Å². The maximum Gasteiger partial charge on any atom is 0.139 e. The standard InChI is InChI=1S/C30H29FO3/c1-4-32-24-13-7-21(8-14-24)27-19-20-28(22-9-15-25(16-10-22)33-5-2)30(31)29(27)23-11-17-26(18-12-23)34-6-3/h7-20H,4-6H2,1-3H3. The molecule has 0 unspecified atom stereocenters. The highest BCUT2D eigenvalue weighted by molar-refractivity contribution is 5.88. The van der Waals surface area contributed by atoms with Crippen molar-refractivity contribution in [3.05, 3.63) is 90.7 Å². The Labute approximate surface area is 200 Å². The minimum atomic E-state index is -0.264. The van der Waals surface area contributed by atoms with Gasteiger partial charge in [0.25, 0.3) is 0 Å². The molecule has 0 heterocycles. The van der Waals surface area contributed by atoms with Crippen molar-refractivity contribution in [3.8, 4) is 50.6 Å². The first-order chi connectivity index (χ1) is 16.6. The Kier molecular flexibility index (Phi) is 7.48. The van der Waals surface area contributed by atoms with E-state index in [1.54, 1.807) is 0 Å². The molecule has 0 aromatic heterocycles. The van der Waals surface area contributed by atoms with E-state index in [2.05, 4.69) is 0 Å². The lowest BCUT2D eigenvalue weighted by Gasteiger charge is -2.16. The third-order valence-corrected chi connectivity index (χ3v) is 5.55. The minimum Gasteiger partial charge on any atom is -0.494 e. The van der Waals surface area contributed by atoms with Gasteiger partial charge in [-0.3, -0.25) is 0 Å². The van der Waals surface area contributed by atoms with Crippen LogP contribution in [0.25, 0.3) is 33.4 Å². The van der Waals surface area contributed by atoms with Gasteiger partial charge >= 0.3 is 0 Å². The van der Waals surface area contributed by atoms with Gasteiger partial charge in [0.15, 0.2) is 0 Å². The number of ether oxygens (including phenoxy) is 3. The van der Waals surface area contributed by atoms with Crippen LogP contribution in [0.5, 0.6) is 17.2 Å². The van der Waals surface area contributed by atoms with E-state index >= 15 is 4.39 Å². The molecule has 0 bridgehead atoms. The second-order valence-corrected chi connectivity index (χ2v) is 7.72. The first kappa shape index (κ1) is 23.4. The van der Waals surface area contributed by atoms with Gasteiger partial charge in [0.1, 0.15) is 23.1 Å². The van der Waals surface area contributed by atoms with Crippen LogP contribution >= 0.6 is 0 Å². The summed E-state index contributed by atoms with van der Waals surface area (Å²) in [7, 11) is 0. The van der Waals surface area contributed by atoms with Gasteiger partial charge in [-0.05, 0) is 79.4 Å². The zero-order chi connectivity index (χ0) is 23.9. The summed E-state index contributed by atoms with van der Waals surface area (Å²) in [6, 6.07) is 26.7. The first-order valence-corrected chi connectivity index (χ1v) is 11.7. The van der Waals surface area contributed by atoms with Crippen molar-refractivity contribution in [2.24, 2.45) is 0 Å². The lowest BCUT2D eigenvalue weighted by Crippen LogP contribution is -1.96. The third kappa shape index (κ3) is 5.07. The summed E-state index contributed by atoms with van der Waals surface area (Å²) in [4.78, 5) is 0. The van der Waals surface area contributed by atoms with Crippen LogP contribution in [0.15, 0.2) is 84.9 Å². The van der Waals surface area contributed by atoms with Gasteiger partial charge in [0, 0.05) is 11.1 Å². The van der Waals surface area contributed by atoms with E-state index in [0.29, 0.717) is 30.9 Å². The highest BCUT2D eigenvalue weighted by Crippen LogP contribution is 2.40. The molecule has 34 heavy (non-hydrogen) atoms. The Bertz CT molecular complexity index is 1210. The van der Waals surface area contributed by atoms with Crippen molar-refractivity contribution in [1.82, 2.24) is 0 Å². The first-order valence-electron chi connectivity index (χ1n) is 11.7. The molecule has 0 saturated heterocycles. The van der Waals surface area contributed by atoms with Gasteiger partial charge in [-0.1, -0.05) is 48.5 Å². The maximum atomic E-state index is 16.2. The van der Waals surface area contributed by atoms with Crippen LogP contribution in [0.4, 0.5) is 4.39 Å². The van der Waals surface area contributed by atoms with E-state index in [9.17, 15) is 0 Å². The van der Waals surface area contributed by atoms with Crippen molar-refractivity contribution in [2.45, 2.75) is 20.8 Å². The highest BCUT2D eigenvalue weighted by atomic mass is 19.1. The molecule has 0 amide bonds. The number of hydrogen-bond donors (Lipinski definition) is 0. The molecule has 0 N–H and O–H groups in total. The molecule has 0 aliphatic heterocycles. The van der Waals surface area contributed by atoms with E-state index in [-0.39, 0.29) is 5.82 Å². The maximum absolute atomic E-state index is 16.2. The summed E-state index contributed by atoms with van der Waals surface area (Å²) in [5, 5.41) is 0. The van der Waals surface area contributed by atoms with Gasteiger partial charge in [-0.25, -0.2) is 4.39 Å². The van der Waals surface area contributed by atoms with Gasteiger partial charge in [-0.15, -0.1) is 0 Å². The Balaban J connectivity index is 1.83. The van der Waals surface area contributed by atoms with Crippen LogP contribution in [-0.4, -0.2) is 19.8 Å². The van der Waals surface area contributed by atoms with Crippen molar-refractivity contribution in [2.75, 3.05) is 19.8 Å². The second kappa shape index (κ2) is 10.9. The smallest absolute Gasteiger partial charge is 0.139 e. The number of hydrogen-bond acceptors (Lipinski definition) is 3. The lowest BCUT2D eigenvalue weighted by atomic mass is 9.90. The molecule has 0 atom stereocenters. The summed E-state index contributed by atoms with van der Waals surface area (Å²) in [6.07, 6.45) is 0. The molecule has 0 fully saturated rings. The monoisotopic (exact) mass is 456 g/mol. The van der Waals surface area contributed by atoms with Crippen LogP contribution in [0.1, 0.15) is 20.8 Å². The van der Waals surface area contributed by atoms with Gasteiger partial charge in [-0.2, -0.15) is 0 Å². The molecule has 174 valence electrons. The number of benzene rings is 4. The molecule has 3 nitrogen and oxygen atoms in total. The number of halogens is 1. The molecule has 4 heteroatoms. The third-order valence-electron chi connectivity index (χ3n) is 5.55. The van der Waals surface area contributed by atoms with Gasteiger partial charge in [0.05, 0.1) is 19.8 Å². The van der Waals surface area contributed by atoms with E-state index < -0.39 is 0 Å². The fourth-order valence-electron chi connectivity index (χ4n) is 4.00. The minimum absolute atomic E-state index is 0.264. The normalized spacial score (nSPS) is 10.7. The summed E-state index contributed by atoms with van der Waals surface area (Å²) < 4.78 is 32.9. The molecule has 0 aliphatic rings. The molecule has 4 aromatic carbocycles.